The van der Waals surface area contributed by atoms with Crippen LogP contribution < -0.4 is 10.6 Å². The molecule has 0 fully saturated rings. The highest BCUT2D eigenvalue weighted by Crippen LogP contribution is 2.27. The molecule has 1 aliphatic heterocycles. The molecule has 0 spiro atoms. The van der Waals surface area contributed by atoms with Gasteiger partial charge in [-0.05, 0) is 17.2 Å². The van der Waals surface area contributed by atoms with Gasteiger partial charge < -0.3 is 5.32 Å². The molecule has 0 saturated carbocycles. The highest BCUT2D eigenvalue weighted by atomic mass is 16.6. The Morgan fingerprint density at radius 3 is 2.84 bits per heavy atom. The second kappa shape index (κ2) is 4.70. The Labute approximate surface area is 110 Å². The van der Waals surface area contributed by atoms with Crippen LogP contribution in [0.25, 0.3) is 0 Å². The van der Waals surface area contributed by atoms with Crippen LogP contribution in [0.5, 0.6) is 0 Å². The summed E-state index contributed by atoms with van der Waals surface area (Å²) >= 11 is 0. The van der Waals surface area contributed by atoms with Crippen LogP contribution in [0.3, 0.4) is 0 Å². The van der Waals surface area contributed by atoms with Gasteiger partial charge in [0.2, 0.25) is 0 Å². The van der Waals surface area contributed by atoms with E-state index in [1.807, 2.05) is 24.3 Å². The summed E-state index contributed by atoms with van der Waals surface area (Å²) < 4.78 is 0. The monoisotopic (exact) mass is 255 g/mol. The lowest BCUT2D eigenvalue weighted by Gasteiger charge is -2.28. The molecule has 0 bridgehead atoms. The summed E-state index contributed by atoms with van der Waals surface area (Å²) in [5.41, 5.74) is 3.24. The van der Waals surface area contributed by atoms with Crippen molar-refractivity contribution >= 4 is 11.4 Å². The van der Waals surface area contributed by atoms with Gasteiger partial charge in [-0.25, -0.2) is 0 Å². The number of nitro groups is 1. The zero-order valence-corrected chi connectivity index (χ0v) is 10.2. The minimum absolute atomic E-state index is 0.102. The first kappa shape index (κ1) is 11.7. The molecule has 2 aromatic carbocycles. The lowest BCUT2D eigenvalue weighted by atomic mass is 10.1. The fraction of sp³-hybridized carbons (Fsp3) is 0.143. The van der Waals surface area contributed by atoms with E-state index in [0.29, 0.717) is 0 Å². The van der Waals surface area contributed by atoms with Crippen molar-refractivity contribution in [2.45, 2.75) is 12.7 Å². The van der Waals surface area contributed by atoms with E-state index in [1.54, 1.807) is 12.1 Å². The topological polar surface area (TPSA) is 67.2 Å². The third-order valence-corrected chi connectivity index (χ3v) is 3.23. The van der Waals surface area contributed by atoms with Gasteiger partial charge in [0.15, 0.2) is 0 Å². The van der Waals surface area contributed by atoms with Gasteiger partial charge in [-0.1, -0.05) is 30.3 Å². The summed E-state index contributed by atoms with van der Waals surface area (Å²) in [5, 5.41) is 17.5. The molecule has 0 unspecified atom stereocenters. The predicted molar refractivity (Wildman–Crippen MR) is 72.7 cm³/mol. The molecular formula is C14H13N3O2. The number of hydrogen-bond donors (Lipinski definition) is 2. The first-order valence-corrected chi connectivity index (χ1v) is 6.06. The Balaban J connectivity index is 1.89. The molecule has 5 nitrogen and oxygen atoms in total. The van der Waals surface area contributed by atoms with Crippen molar-refractivity contribution < 1.29 is 4.92 Å². The third-order valence-electron chi connectivity index (χ3n) is 3.23. The van der Waals surface area contributed by atoms with Gasteiger partial charge >= 0.3 is 0 Å². The Morgan fingerprint density at radius 1 is 1.16 bits per heavy atom. The predicted octanol–water partition coefficient (Wildman–Crippen LogP) is 2.81. The molecule has 96 valence electrons. The van der Waals surface area contributed by atoms with Gasteiger partial charge in [-0.3, -0.25) is 15.4 Å². The van der Waals surface area contributed by atoms with Crippen molar-refractivity contribution in [2.75, 3.05) is 5.32 Å². The Morgan fingerprint density at radius 2 is 2.00 bits per heavy atom. The Hall–Kier alpha value is -2.40. The van der Waals surface area contributed by atoms with Crippen LogP contribution in [-0.2, 0) is 6.54 Å². The fourth-order valence-corrected chi connectivity index (χ4v) is 2.25. The summed E-state index contributed by atoms with van der Waals surface area (Å²) in [6.07, 6.45) is -0.102. The van der Waals surface area contributed by atoms with E-state index in [1.165, 1.54) is 11.6 Å². The number of nitrogens with one attached hydrogen (secondary N) is 2. The molecule has 2 N–H and O–H groups in total. The van der Waals surface area contributed by atoms with E-state index < -0.39 is 0 Å². The molecule has 0 aromatic heterocycles. The molecule has 1 aliphatic rings. The SMILES string of the molecule is O=[N+]([O-])c1cccc([C@@H]2NCc3ccccc3N2)c1. The summed E-state index contributed by atoms with van der Waals surface area (Å²) in [6, 6.07) is 14.7. The fourth-order valence-electron chi connectivity index (χ4n) is 2.25. The summed E-state index contributed by atoms with van der Waals surface area (Å²) in [6.45, 7) is 0.747. The van der Waals surface area contributed by atoms with Crippen LogP contribution in [0.15, 0.2) is 48.5 Å². The molecular weight excluding hydrogens is 242 g/mol. The average molecular weight is 255 g/mol. The molecule has 1 atom stereocenters. The normalized spacial score (nSPS) is 17.4. The zero-order chi connectivity index (χ0) is 13.2. The molecule has 3 rings (SSSR count). The smallest absolute Gasteiger partial charge is 0.269 e. The van der Waals surface area contributed by atoms with E-state index in [0.717, 1.165) is 17.8 Å². The maximum Gasteiger partial charge on any atom is 0.269 e. The molecule has 0 amide bonds. The van der Waals surface area contributed by atoms with Crippen molar-refractivity contribution in [2.24, 2.45) is 0 Å². The number of nitro benzene ring substituents is 1. The number of hydrogen-bond acceptors (Lipinski definition) is 4. The number of anilines is 1. The van der Waals surface area contributed by atoms with Crippen molar-refractivity contribution in [3.05, 3.63) is 69.8 Å². The molecule has 19 heavy (non-hydrogen) atoms. The minimum atomic E-state index is -0.375. The molecule has 5 heteroatoms. The van der Waals surface area contributed by atoms with Crippen LogP contribution >= 0.6 is 0 Å². The highest BCUT2D eigenvalue weighted by molar-refractivity contribution is 5.54. The average Bonchev–Trinajstić information content (AvgIpc) is 2.47. The number of rotatable bonds is 2. The van der Waals surface area contributed by atoms with Gasteiger partial charge in [-0.2, -0.15) is 0 Å². The van der Waals surface area contributed by atoms with Crippen molar-refractivity contribution in [3.8, 4) is 0 Å². The number of fused-ring (bicyclic) bond motifs is 1. The second-order valence-electron chi connectivity index (χ2n) is 4.47. The van der Waals surface area contributed by atoms with Crippen molar-refractivity contribution in [3.63, 3.8) is 0 Å². The molecule has 2 aromatic rings. The second-order valence-corrected chi connectivity index (χ2v) is 4.47. The summed E-state index contributed by atoms with van der Waals surface area (Å²) in [5.74, 6) is 0. The first-order valence-electron chi connectivity index (χ1n) is 6.06. The number of non-ortho nitro benzene ring substituents is 1. The Bertz CT molecular complexity index is 628. The standard InChI is InChI=1S/C14H13N3O2/c18-17(19)12-6-3-5-10(8-12)14-15-9-11-4-1-2-7-13(11)16-14/h1-8,14-16H,9H2/t14-/m1/s1. The molecule has 1 heterocycles. The first-order chi connectivity index (χ1) is 9.24. The molecule has 0 saturated heterocycles. The molecule has 0 radical (unpaired) electrons. The lowest BCUT2D eigenvalue weighted by molar-refractivity contribution is -0.384. The van der Waals surface area contributed by atoms with E-state index in [4.69, 9.17) is 0 Å². The molecule has 0 aliphatic carbocycles. The highest BCUT2D eigenvalue weighted by Gasteiger charge is 2.19. The van der Waals surface area contributed by atoms with Crippen LogP contribution in [-0.4, -0.2) is 4.92 Å². The van der Waals surface area contributed by atoms with Crippen molar-refractivity contribution in [1.29, 1.82) is 0 Å². The van der Waals surface area contributed by atoms with Gasteiger partial charge in [0.05, 0.1) is 4.92 Å². The lowest BCUT2D eigenvalue weighted by Crippen LogP contribution is -2.32. The quantitative estimate of drug-likeness (QED) is 0.639. The zero-order valence-electron chi connectivity index (χ0n) is 10.2. The van der Waals surface area contributed by atoms with Crippen LogP contribution in [0, 0.1) is 10.1 Å². The van der Waals surface area contributed by atoms with Crippen LogP contribution in [0.2, 0.25) is 0 Å². The maximum atomic E-state index is 10.8. The number of para-hydroxylation sites is 1. The van der Waals surface area contributed by atoms with E-state index in [-0.39, 0.29) is 16.8 Å². The number of nitrogens with zero attached hydrogens (tertiary/aromatic N) is 1. The Kier molecular flexibility index (Phi) is 2.89. The third kappa shape index (κ3) is 2.28. The largest absolute Gasteiger partial charge is 0.366 e. The van der Waals surface area contributed by atoms with Gasteiger partial charge in [0.25, 0.3) is 5.69 Å². The van der Waals surface area contributed by atoms with E-state index in [2.05, 4.69) is 16.7 Å². The van der Waals surface area contributed by atoms with E-state index >= 15 is 0 Å². The van der Waals surface area contributed by atoms with Crippen LogP contribution in [0.4, 0.5) is 11.4 Å². The van der Waals surface area contributed by atoms with Gasteiger partial charge in [0.1, 0.15) is 6.17 Å². The van der Waals surface area contributed by atoms with Crippen molar-refractivity contribution in [1.82, 2.24) is 5.32 Å². The van der Waals surface area contributed by atoms with Crippen LogP contribution in [0.1, 0.15) is 17.3 Å². The minimum Gasteiger partial charge on any atom is -0.366 e. The number of benzene rings is 2. The van der Waals surface area contributed by atoms with Gasteiger partial charge in [-0.15, -0.1) is 0 Å². The summed E-state index contributed by atoms with van der Waals surface area (Å²) in [4.78, 5) is 10.4. The maximum absolute atomic E-state index is 10.8. The van der Waals surface area contributed by atoms with Gasteiger partial charge in [0, 0.05) is 24.4 Å². The van der Waals surface area contributed by atoms with E-state index in [9.17, 15) is 10.1 Å². The summed E-state index contributed by atoms with van der Waals surface area (Å²) in [7, 11) is 0.